The Kier molecular flexibility index (Phi) is 4.45. The largest absolute Gasteiger partial charge is 0.478 e. The summed E-state index contributed by atoms with van der Waals surface area (Å²) in [5, 5.41) is 16.7. The van der Waals surface area contributed by atoms with Crippen LogP contribution in [0.2, 0.25) is 0 Å². The van der Waals surface area contributed by atoms with Crippen LogP contribution in [0.5, 0.6) is 0 Å². The van der Waals surface area contributed by atoms with E-state index < -0.39 is 5.97 Å². The first kappa shape index (κ1) is 17.4. The molecule has 27 heavy (non-hydrogen) atoms. The Hall–Kier alpha value is -3.06. The predicted octanol–water partition coefficient (Wildman–Crippen LogP) is 3.65. The van der Waals surface area contributed by atoms with Gasteiger partial charge in [0.15, 0.2) is 0 Å². The van der Waals surface area contributed by atoms with E-state index in [4.69, 9.17) is 5.11 Å². The zero-order chi connectivity index (χ0) is 19.0. The molecule has 136 valence electrons. The average Bonchev–Trinajstić information content (AvgIpc) is 2.88. The molecule has 1 amide bonds. The lowest BCUT2D eigenvalue weighted by Crippen LogP contribution is -2.15. The number of nitrogens with zero attached hydrogens (tertiary/aromatic N) is 2. The number of nitrogens with one attached hydrogen (secondary N) is 1. The molecule has 4 rings (SSSR count). The molecule has 1 aliphatic rings. The third-order valence-corrected chi connectivity index (χ3v) is 5.74. The Morgan fingerprint density at radius 3 is 2.56 bits per heavy atom. The highest BCUT2D eigenvalue weighted by Gasteiger charge is 2.30. The van der Waals surface area contributed by atoms with Gasteiger partial charge in [-0.3, -0.25) is 4.79 Å². The third-order valence-electron chi connectivity index (χ3n) is 4.47. The number of aryl methyl sites for hydroxylation is 1. The molecule has 0 radical (unpaired) electrons. The fraction of sp³-hybridized carbons (Fsp3) is 0.150. The second-order valence-electron chi connectivity index (χ2n) is 6.26. The van der Waals surface area contributed by atoms with Gasteiger partial charge in [0, 0.05) is 5.56 Å². The number of rotatable bonds is 3. The molecule has 0 aliphatic carbocycles. The Labute approximate surface area is 160 Å². The number of aromatic nitrogens is 2. The van der Waals surface area contributed by atoms with Crippen LogP contribution in [0.15, 0.2) is 54.6 Å². The quantitative estimate of drug-likeness (QED) is 0.726. The van der Waals surface area contributed by atoms with Crippen LogP contribution in [-0.2, 0) is 4.79 Å². The number of benzene rings is 2. The van der Waals surface area contributed by atoms with Crippen LogP contribution in [-0.4, -0.2) is 32.5 Å². The molecule has 0 saturated heterocycles. The number of hydrogen-bond acceptors (Lipinski definition) is 4. The van der Waals surface area contributed by atoms with Crippen molar-refractivity contribution in [1.82, 2.24) is 9.78 Å². The summed E-state index contributed by atoms with van der Waals surface area (Å²) in [5.41, 5.74) is 3.82. The van der Waals surface area contributed by atoms with Gasteiger partial charge in [0.25, 0.3) is 0 Å². The Morgan fingerprint density at radius 2 is 1.89 bits per heavy atom. The van der Waals surface area contributed by atoms with E-state index in [9.17, 15) is 9.59 Å². The molecule has 1 aromatic heterocycles. The molecule has 0 bridgehead atoms. The van der Waals surface area contributed by atoms with Crippen LogP contribution in [0, 0.1) is 6.92 Å². The minimum Gasteiger partial charge on any atom is -0.478 e. The topological polar surface area (TPSA) is 84.2 Å². The van der Waals surface area contributed by atoms with E-state index in [1.165, 1.54) is 12.1 Å². The number of carbonyl (C=O) groups excluding carboxylic acids is 1. The number of thioether (sulfide) groups is 1. The van der Waals surface area contributed by atoms with Gasteiger partial charge in [-0.05, 0) is 36.8 Å². The SMILES string of the molecule is Cc1nn(-c2ccc(C(=O)O)cc2)c2c1C(c1ccccc1)SCC(=O)N2. The van der Waals surface area contributed by atoms with Gasteiger partial charge in [-0.1, -0.05) is 30.3 Å². The second-order valence-corrected chi connectivity index (χ2v) is 7.35. The molecule has 7 heteroatoms. The lowest BCUT2D eigenvalue weighted by molar-refractivity contribution is -0.113. The summed E-state index contributed by atoms with van der Waals surface area (Å²) in [4.78, 5) is 23.4. The van der Waals surface area contributed by atoms with Gasteiger partial charge in [-0.2, -0.15) is 5.10 Å². The molecule has 2 aromatic carbocycles. The number of anilines is 1. The van der Waals surface area contributed by atoms with Crippen LogP contribution < -0.4 is 5.32 Å². The number of hydrogen-bond donors (Lipinski definition) is 2. The number of aromatic carboxylic acids is 1. The van der Waals surface area contributed by atoms with Crippen molar-refractivity contribution < 1.29 is 14.7 Å². The number of fused-ring (bicyclic) bond motifs is 1. The van der Waals surface area contributed by atoms with Crippen molar-refractivity contribution in [3.05, 3.63) is 77.0 Å². The first-order valence-electron chi connectivity index (χ1n) is 8.44. The van der Waals surface area contributed by atoms with Crippen molar-refractivity contribution in [1.29, 1.82) is 0 Å². The maximum Gasteiger partial charge on any atom is 0.335 e. The van der Waals surface area contributed by atoms with Crippen LogP contribution in [0.1, 0.15) is 32.4 Å². The van der Waals surface area contributed by atoms with Crippen LogP contribution >= 0.6 is 11.8 Å². The molecule has 0 fully saturated rings. The number of amides is 1. The molecule has 2 heterocycles. The average molecular weight is 379 g/mol. The molecule has 1 atom stereocenters. The van der Waals surface area contributed by atoms with Gasteiger partial charge >= 0.3 is 5.97 Å². The lowest BCUT2D eigenvalue weighted by atomic mass is 10.0. The van der Waals surface area contributed by atoms with Crippen LogP contribution in [0.3, 0.4) is 0 Å². The summed E-state index contributed by atoms with van der Waals surface area (Å²) in [6.07, 6.45) is 0. The van der Waals surface area contributed by atoms with Gasteiger partial charge in [0.2, 0.25) is 5.91 Å². The van der Waals surface area contributed by atoms with Crippen molar-refractivity contribution >= 4 is 29.5 Å². The minimum absolute atomic E-state index is 0.00723. The first-order chi connectivity index (χ1) is 13.0. The fourth-order valence-corrected chi connectivity index (χ4v) is 4.40. The van der Waals surface area contributed by atoms with E-state index in [1.807, 2.05) is 25.1 Å². The Bertz CT molecular complexity index is 1010. The maximum absolute atomic E-state index is 12.3. The van der Waals surface area contributed by atoms with Gasteiger partial charge in [-0.25, -0.2) is 9.48 Å². The number of carboxylic acids is 1. The molecular weight excluding hydrogens is 362 g/mol. The van der Waals surface area contributed by atoms with E-state index in [-0.39, 0.29) is 16.7 Å². The Morgan fingerprint density at radius 1 is 1.19 bits per heavy atom. The van der Waals surface area contributed by atoms with Gasteiger partial charge < -0.3 is 10.4 Å². The van der Waals surface area contributed by atoms with Crippen molar-refractivity contribution in [2.45, 2.75) is 12.2 Å². The summed E-state index contributed by atoms with van der Waals surface area (Å²) in [6, 6.07) is 16.5. The summed E-state index contributed by atoms with van der Waals surface area (Å²) in [5.74, 6) is -0.0701. The zero-order valence-electron chi connectivity index (χ0n) is 14.5. The normalized spacial score (nSPS) is 16.3. The summed E-state index contributed by atoms with van der Waals surface area (Å²) < 4.78 is 1.68. The van der Waals surface area contributed by atoms with Gasteiger partial charge in [0.1, 0.15) is 5.82 Å². The zero-order valence-corrected chi connectivity index (χ0v) is 15.4. The van der Waals surface area contributed by atoms with E-state index in [0.717, 1.165) is 16.8 Å². The van der Waals surface area contributed by atoms with Crippen LogP contribution in [0.4, 0.5) is 5.82 Å². The third kappa shape index (κ3) is 3.21. The standard InChI is InChI=1S/C20H17N3O3S/c1-12-17-18(13-5-3-2-4-6-13)27-11-16(24)21-19(17)23(22-12)15-9-7-14(8-10-15)20(25)26/h2-10,18H,11H2,1H3,(H,21,24)(H,25,26). The lowest BCUT2D eigenvalue weighted by Gasteiger charge is -2.15. The molecular formula is C20H17N3O3S. The molecule has 6 nitrogen and oxygen atoms in total. The van der Waals surface area contributed by atoms with Crippen LogP contribution in [0.25, 0.3) is 5.69 Å². The van der Waals surface area contributed by atoms with E-state index in [2.05, 4.69) is 22.5 Å². The fourth-order valence-electron chi connectivity index (χ4n) is 3.21. The van der Waals surface area contributed by atoms with Crippen molar-refractivity contribution in [3.8, 4) is 5.69 Å². The van der Waals surface area contributed by atoms with Crippen molar-refractivity contribution in [2.24, 2.45) is 0 Å². The first-order valence-corrected chi connectivity index (χ1v) is 9.49. The smallest absolute Gasteiger partial charge is 0.335 e. The molecule has 2 N–H and O–H groups in total. The molecule has 0 saturated carbocycles. The summed E-state index contributed by atoms with van der Waals surface area (Å²) >= 11 is 1.57. The molecule has 1 unspecified atom stereocenters. The number of carboxylic acid groups (broad SMARTS) is 1. The molecule has 0 spiro atoms. The summed E-state index contributed by atoms with van der Waals surface area (Å²) in [6.45, 7) is 1.93. The summed E-state index contributed by atoms with van der Waals surface area (Å²) in [7, 11) is 0. The molecule has 1 aliphatic heterocycles. The van der Waals surface area contributed by atoms with E-state index >= 15 is 0 Å². The highest BCUT2D eigenvalue weighted by molar-refractivity contribution is 8.00. The van der Waals surface area contributed by atoms with E-state index in [1.54, 1.807) is 28.6 Å². The minimum atomic E-state index is -0.981. The predicted molar refractivity (Wildman–Crippen MR) is 105 cm³/mol. The van der Waals surface area contributed by atoms with Gasteiger partial charge in [0.05, 0.1) is 27.9 Å². The monoisotopic (exact) mass is 379 g/mol. The highest BCUT2D eigenvalue weighted by atomic mass is 32.2. The highest BCUT2D eigenvalue weighted by Crippen LogP contribution is 2.43. The number of carbonyl (C=O) groups is 2. The van der Waals surface area contributed by atoms with Gasteiger partial charge in [-0.15, -0.1) is 11.8 Å². The molecule has 3 aromatic rings. The van der Waals surface area contributed by atoms with E-state index in [0.29, 0.717) is 17.3 Å². The van der Waals surface area contributed by atoms with Crippen molar-refractivity contribution in [3.63, 3.8) is 0 Å². The second kappa shape index (κ2) is 6.92. The van der Waals surface area contributed by atoms with Crippen molar-refractivity contribution in [2.75, 3.05) is 11.1 Å². The Balaban J connectivity index is 1.85. The maximum atomic E-state index is 12.3.